The zero-order valence-electron chi connectivity index (χ0n) is 11.4. The molecule has 1 aromatic carbocycles. The third kappa shape index (κ3) is 5.08. The van der Waals surface area contributed by atoms with Gasteiger partial charge in [0.25, 0.3) is 0 Å². The normalized spacial score (nSPS) is 9.94. The summed E-state index contributed by atoms with van der Waals surface area (Å²) in [5, 5.41) is 7.48. The highest BCUT2D eigenvalue weighted by Gasteiger charge is 2.00. The van der Waals surface area contributed by atoms with Gasteiger partial charge in [0.2, 0.25) is 0 Å². The zero-order valence-corrected chi connectivity index (χ0v) is 11.4. The first-order chi connectivity index (χ1) is 8.63. The van der Waals surface area contributed by atoms with Crippen molar-refractivity contribution in [2.24, 2.45) is 0 Å². The molecule has 0 aliphatic heterocycles. The average molecular weight is 250 g/mol. The largest absolute Gasteiger partial charge is 0.494 e. The summed E-state index contributed by atoms with van der Waals surface area (Å²) in [7, 11) is 4.01. The SMILES string of the molecule is CCOC(=N)CCCOc1cccc(N(C)C)c1. The Bertz CT molecular complexity index is 378. The highest BCUT2D eigenvalue weighted by molar-refractivity contribution is 5.72. The van der Waals surface area contributed by atoms with Crippen molar-refractivity contribution in [3.8, 4) is 5.75 Å². The standard InChI is InChI=1S/C14H22N2O2/c1-4-17-14(15)9-6-10-18-13-8-5-7-12(11-13)16(2)3/h5,7-8,11,15H,4,6,9-10H2,1-3H3. The Morgan fingerprint density at radius 3 is 2.78 bits per heavy atom. The van der Waals surface area contributed by atoms with Gasteiger partial charge in [-0.15, -0.1) is 0 Å². The van der Waals surface area contributed by atoms with Crippen molar-refractivity contribution in [2.75, 3.05) is 32.2 Å². The van der Waals surface area contributed by atoms with Crippen molar-refractivity contribution >= 4 is 11.6 Å². The molecule has 1 aromatic rings. The third-order valence-electron chi connectivity index (χ3n) is 2.47. The Hall–Kier alpha value is -1.71. The van der Waals surface area contributed by atoms with E-state index >= 15 is 0 Å². The van der Waals surface area contributed by atoms with Gasteiger partial charge in [-0.2, -0.15) is 0 Å². The fourth-order valence-electron chi connectivity index (χ4n) is 1.52. The van der Waals surface area contributed by atoms with Crippen molar-refractivity contribution in [3.63, 3.8) is 0 Å². The van der Waals surface area contributed by atoms with Gasteiger partial charge in [0.15, 0.2) is 5.90 Å². The lowest BCUT2D eigenvalue weighted by atomic mass is 10.3. The number of benzene rings is 1. The number of hydrogen-bond donors (Lipinski definition) is 1. The van der Waals surface area contributed by atoms with Crippen molar-refractivity contribution in [2.45, 2.75) is 19.8 Å². The van der Waals surface area contributed by atoms with Gasteiger partial charge in [-0.3, -0.25) is 5.41 Å². The molecular weight excluding hydrogens is 228 g/mol. The van der Waals surface area contributed by atoms with Crippen LogP contribution in [-0.2, 0) is 4.74 Å². The summed E-state index contributed by atoms with van der Waals surface area (Å²) in [6.07, 6.45) is 1.42. The second-order valence-corrected chi connectivity index (χ2v) is 4.20. The molecule has 1 N–H and O–H groups in total. The molecule has 0 saturated heterocycles. The van der Waals surface area contributed by atoms with Crippen LogP contribution in [0.25, 0.3) is 0 Å². The molecule has 4 heteroatoms. The first kappa shape index (κ1) is 14.4. The summed E-state index contributed by atoms with van der Waals surface area (Å²) in [5.41, 5.74) is 1.12. The maximum atomic E-state index is 7.48. The number of ether oxygens (including phenoxy) is 2. The highest BCUT2D eigenvalue weighted by atomic mass is 16.5. The molecule has 0 fully saturated rings. The highest BCUT2D eigenvalue weighted by Crippen LogP contribution is 2.19. The van der Waals surface area contributed by atoms with Crippen molar-refractivity contribution in [1.29, 1.82) is 5.41 Å². The number of nitrogens with one attached hydrogen (secondary N) is 1. The van der Waals surface area contributed by atoms with Gasteiger partial charge in [0, 0.05) is 32.3 Å². The lowest BCUT2D eigenvalue weighted by molar-refractivity contribution is 0.289. The quantitative estimate of drug-likeness (QED) is 0.460. The van der Waals surface area contributed by atoms with Crippen molar-refractivity contribution in [1.82, 2.24) is 0 Å². The molecule has 18 heavy (non-hydrogen) atoms. The summed E-state index contributed by atoms with van der Waals surface area (Å²) < 4.78 is 10.7. The van der Waals surface area contributed by atoms with E-state index in [1.165, 1.54) is 0 Å². The topological polar surface area (TPSA) is 45.6 Å². The molecule has 0 radical (unpaired) electrons. The first-order valence-corrected chi connectivity index (χ1v) is 6.24. The van der Waals surface area contributed by atoms with Gasteiger partial charge in [-0.05, 0) is 25.5 Å². The average Bonchev–Trinajstić information content (AvgIpc) is 2.35. The van der Waals surface area contributed by atoms with Crippen molar-refractivity contribution < 1.29 is 9.47 Å². The summed E-state index contributed by atoms with van der Waals surface area (Å²) in [4.78, 5) is 2.04. The fourth-order valence-corrected chi connectivity index (χ4v) is 1.52. The molecule has 0 unspecified atom stereocenters. The van der Waals surface area contributed by atoms with Gasteiger partial charge in [-0.25, -0.2) is 0 Å². The van der Waals surface area contributed by atoms with Gasteiger partial charge < -0.3 is 14.4 Å². The van der Waals surface area contributed by atoms with E-state index in [0.29, 0.717) is 25.5 Å². The molecule has 100 valence electrons. The molecule has 0 saturated carbocycles. The molecule has 0 spiro atoms. The molecule has 0 heterocycles. The Morgan fingerprint density at radius 2 is 2.11 bits per heavy atom. The molecule has 0 amide bonds. The van der Waals surface area contributed by atoms with Crippen LogP contribution in [0.5, 0.6) is 5.75 Å². The molecule has 0 aliphatic carbocycles. The Kier molecular flexibility index (Phi) is 6.05. The fraction of sp³-hybridized carbons (Fsp3) is 0.500. The van der Waals surface area contributed by atoms with E-state index in [2.05, 4.69) is 0 Å². The minimum absolute atomic E-state index is 0.336. The summed E-state index contributed by atoms with van der Waals surface area (Å²) in [5.74, 6) is 1.20. The second kappa shape index (κ2) is 7.58. The van der Waals surface area contributed by atoms with E-state index < -0.39 is 0 Å². The molecule has 4 nitrogen and oxygen atoms in total. The van der Waals surface area contributed by atoms with Crippen LogP contribution in [0.2, 0.25) is 0 Å². The zero-order chi connectivity index (χ0) is 13.4. The van der Waals surface area contributed by atoms with Crippen molar-refractivity contribution in [3.05, 3.63) is 24.3 Å². The number of rotatable bonds is 7. The molecule has 0 aromatic heterocycles. The second-order valence-electron chi connectivity index (χ2n) is 4.20. The van der Waals surface area contributed by atoms with Gasteiger partial charge in [-0.1, -0.05) is 6.07 Å². The van der Waals surface area contributed by atoms with Crippen LogP contribution in [0.15, 0.2) is 24.3 Å². The van der Waals surface area contributed by atoms with Gasteiger partial charge >= 0.3 is 0 Å². The molecule has 0 atom stereocenters. The van der Waals surface area contributed by atoms with Crippen LogP contribution < -0.4 is 9.64 Å². The monoisotopic (exact) mass is 250 g/mol. The van der Waals surface area contributed by atoms with E-state index in [4.69, 9.17) is 14.9 Å². The Balaban J connectivity index is 2.31. The first-order valence-electron chi connectivity index (χ1n) is 6.24. The van der Waals surface area contributed by atoms with E-state index in [0.717, 1.165) is 17.9 Å². The van der Waals surface area contributed by atoms with Crippen LogP contribution in [0.3, 0.4) is 0 Å². The number of anilines is 1. The molecule has 1 rings (SSSR count). The lowest BCUT2D eigenvalue weighted by Crippen LogP contribution is -2.09. The smallest absolute Gasteiger partial charge is 0.180 e. The van der Waals surface area contributed by atoms with Gasteiger partial charge in [0.05, 0.1) is 13.2 Å². The number of hydrogen-bond acceptors (Lipinski definition) is 4. The maximum Gasteiger partial charge on any atom is 0.180 e. The summed E-state index contributed by atoms with van der Waals surface area (Å²) >= 11 is 0. The summed E-state index contributed by atoms with van der Waals surface area (Å²) in [6.45, 7) is 3.05. The van der Waals surface area contributed by atoms with Gasteiger partial charge in [0.1, 0.15) is 5.75 Å². The minimum Gasteiger partial charge on any atom is -0.494 e. The Morgan fingerprint density at radius 1 is 1.33 bits per heavy atom. The van der Waals surface area contributed by atoms with Crippen LogP contribution in [-0.4, -0.2) is 33.2 Å². The van der Waals surface area contributed by atoms with E-state index in [1.807, 2.05) is 50.2 Å². The summed E-state index contributed by atoms with van der Waals surface area (Å²) in [6, 6.07) is 7.97. The Labute approximate surface area is 109 Å². The van der Waals surface area contributed by atoms with E-state index in [9.17, 15) is 0 Å². The predicted octanol–water partition coefficient (Wildman–Crippen LogP) is 2.93. The van der Waals surface area contributed by atoms with Crippen LogP contribution in [0.1, 0.15) is 19.8 Å². The minimum atomic E-state index is 0.336. The molecule has 0 bridgehead atoms. The third-order valence-corrected chi connectivity index (χ3v) is 2.47. The van der Waals surface area contributed by atoms with Crippen LogP contribution in [0, 0.1) is 5.41 Å². The van der Waals surface area contributed by atoms with Crippen LogP contribution >= 0.6 is 0 Å². The predicted molar refractivity (Wildman–Crippen MR) is 74.9 cm³/mol. The van der Waals surface area contributed by atoms with E-state index in [-0.39, 0.29) is 0 Å². The van der Waals surface area contributed by atoms with Crippen LogP contribution in [0.4, 0.5) is 5.69 Å². The maximum absolute atomic E-state index is 7.48. The van der Waals surface area contributed by atoms with E-state index in [1.54, 1.807) is 0 Å². The molecule has 0 aliphatic rings. The lowest BCUT2D eigenvalue weighted by Gasteiger charge is -2.14. The number of nitrogens with zero attached hydrogens (tertiary/aromatic N) is 1. The molecular formula is C14H22N2O2.